The van der Waals surface area contributed by atoms with Gasteiger partial charge in [0.15, 0.2) is 11.5 Å². The largest absolute Gasteiger partial charge is 0.507 e. The predicted molar refractivity (Wildman–Crippen MR) is 122 cm³/mol. The van der Waals surface area contributed by atoms with Gasteiger partial charge >= 0.3 is 0 Å². The minimum Gasteiger partial charge on any atom is -0.507 e. The first kappa shape index (κ1) is 19.7. The van der Waals surface area contributed by atoms with Crippen LogP contribution in [-0.2, 0) is 7.05 Å². The Hall–Kier alpha value is -3.26. The van der Waals surface area contributed by atoms with Crippen LogP contribution in [0.4, 0.5) is 5.69 Å². The Bertz CT molecular complexity index is 1300. The van der Waals surface area contributed by atoms with Crippen LogP contribution in [0.3, 0.4) is 0 Å². The zero-order valence-corrected chi connectivity index (χ0v) is 18.5. The standard InChI is InChI=1S/C23H27N7O/c1-12-9-30(10-13(2)25-12)17-7-18-15(4)26-23(27-22(18)24-8-17)19-6-16-11-29(5)28-20(16)14(3)21(19)31/h6-8,11-13,25,31H,9-10H2,1-5H3/t12-,13-/m0/s1. The normalized spacial score (nSPS) is 19.5. The van der Waals surface area contributed by atoms with Gasteiger partial charge in [0, 0.05) is 54.8 Å². The van der Waals surface area contributed by atoms with Crippen molar-refractivity contribution in [2.75, 3.05) is 18.0 Å². The van der Waals surface area contributed by atoms with Crippen molar-refractivity contribution >= 4 is 27.6 Å². The summed E-state index contributed by atoms with van der Waals surface area (Å²) in [6.07, 6.45) is 3.82. The van der Waals surface area contributed by atoms with Crippen LogP contribution in [0.15, 0.2) is 24.5 Å². The van der Waals surface area contributed by atoms with Crippen molar-refractivity contribution in [1.29, 1.82) is 0 Å². The lowest BCUT2D eigenvalue weighted by Gasteiger charge is -2.37. The van der Waals surface area contributed by atoms with E-state index < -0.39 is 0 Å². The summed E-state index contributed by atoms with van der Waals surface area (Å²) in [5, 5.41) is 20.7. The Labute approximate surface area is 181 Å². The molecule has 0 radical (unpaired) electrons. The third-order valence-corrected chi connectivity index (χ3v) is 6.01. The van der Waals surface area contributed by atoms with Gasteiger partial charge in [-0.1, -0.05) is 0 Å². The molecule has 0 saturated carbocycles. The van der Waals surface area contributed by atoms with Crippen molar-refractivity contribution in [3.8, 4) is 17.1 Å². The summed E-state index contributed by atoms with van der Waals surface area (Å²) in [5.74, 6) is 0.631. The fraction of sp³-hybridized carbons (Fsp3) is 0.391. The Morgan fingerprint density at radius 2 is 1.84 bits per heavy atom. The maximum Gasteiger partial charge on any atom is 0.165 e. The maximum atomic E-state index is 10.8. The molecule has 1 aromatic carbocycles. The number of aryl methyl sites for hydroxylation is 3. The molecule has 5 rings (SSSR count). The van der Waals surface area contributed by atoms with E-state index in [2.05, 4.69) is 40.2 Å². The van der Waals surface area contributed by atoms with Gasteiger partial charge in [-0.15, -0.1) is 0 Å². The first-order chi connectivity index (χ1) is 14.8. The molecule has 1 fully saturated rings. The molecule has 2 atom stereocenters. The third kappa shape index (κ3) is 3.37. The van der Waals surface area contributed by atoms with Gasteiger partial charge in [-0.2, -0.15) is 5.10 Å². The number of phenolic OH excluding ortho intramolecular Hbond substituents is 1. The molecule has 2 N–H and O–H groups in total. The highest BCUT2D eigenvalue weighted by Crippen LogP contribution is 2.36. The minimum atomic E-state index is 0.158. The number of benzene rings is 1. The molecule has 4 aromatic rings. The summed E-state index contributed by atoms with van der Waals surface area (Å²) in [7, 11) is 1.87. The summed E-state index contributed by atoms with van der Waals surface area (Å²) >= 11 is 0. The number of aromatic hydroxyl groups is 1. The van der Waals surface area contributed by atoms with E-state index in [0.29, 0.717) is 29.1 Å². The molecule has 1 aliphatic rings. The Kier molecular flexibility index (Phi) is 4.55. The lowest BCUT2D eigenvalue weighted by atomic mass is 10.0. The van der Waals surface area contributed by atoms with E-state index in [1.54, 1.807) is 4.68 Å². The van der Waals surface area contributed by atoms with Gasteiger partial charge in [-0.05, 0) is 39.8 Å². The van der Waals surface area contributed by atoms with Gasteiger partial charge in [0.2, 0.25) is 0 Å². The van der Waals surface area contributed by atoms with Crippen LogP contribution in [0, 0.1) is 13.8 Å². The van der Waals surface area contributed by atoms with Crippen LogP contribution in [0.25, 0.3) is 33.3 Å². The van der Waals surface area contributed by atoms with Gasteiger partial charge in [0.05, 0.1) is 28.7 Å². The van der Waals surface area contributed by atoms with Crippen LogP contribution in [0.2, 0.25) is 0 Å². The first-order valence-electron chi connectivity index (χ1n) is 10.6. The predicted octanol–water partition coefficient (Wildman–Crippen LogP) is 3.09. The van der Waals surface area contributed by atoms with E-state index in [1.807, 2.05) is 39.4 Å². The van der Waals surface area contributed by atoms with Gasteiger partial charge in [-0.3, -0.25) is 4.68 Å². The van der Waals surface area contributed by atoms with Crippen LogP contribution < -0.4 is 10.2 Å². The molecule has 0 aliphatic carbocycles. The molecule has 0 amide bonds. The Morgan fingerprint density at radius 1 is 1.10 bits per heavy atom. The van der Waals surface area contributed by atoms with Gasteiger partial charge in [0.1, 0.15) is 5.75 Å². The number of nitrogens with one attached hydrogen (secondary N) is 1. The number of fused-ring (bicyclic) bond motifs is 2. The lowest BCUT2D eigenvalue weighted by molar-refractivity contribution is 0.407. The fourth-order valence-electron chi connectivity index (χ4n) is 4.59. The number of rotatable bonds is 2. The molecule has 8 nitrogen and oxygen atoms in total. The highest BCUT2D eigenvalue weighted by atomic mass is 16.3. The average Bonchev–Trinajstić information content (AvgIpc) is 3.10. The highest BCUT2D eigenvalue weighted by Gasteiger charge is 2.22. The summed E-state index contributed by atoms with van der Waals surface area (Å²) in [4.78, 5) is 16.5. The van der Waals surface area contributed by atoms with Gasteiger partial charge < -0.3 is 15.3 Å². The molecule has 8 heteroatoms. The highest BCUT2D eigenvalue weighted by molar-refractivity contribution is 5.91. The summed E-state index contributed by atoms with van der Waals surface area (Å²) in [6.45, 7) is 10.1. The van der Waals surface area contributed by atoms with Crippen molar-refractivity contribution in [2.45, 2.75) is 39.8 Å². The summed E-state index contributed by atoms with van der Waals surface area (Å²) in [6, 6.07) is 4.87. The number of phenols is 1. The second-order valence-electron chi connectivity index (χ2n) is 8.71. The van der Waals surface area contributed by atoms with Crippen molar-refractivity contribution in [1.82, 2.24) is 30.0 Å². The van der Waals surface area contributed by atoms with Crippen molar-refractivity contribution in [3.05, 3.63) is 35.8 Å². The maximum absolute atomic E-state index is 10.8. The molecule has 31 heavy (non-hydrogen) atoms. The molecule has 3 aromatic heterocycles. The van der Waals surface area contributed by atoms with Crippen LogP contribution >= 0.6 is 0 Å². The third-order valence-electron chi connectivity index (χ3n) is 6.01. The van der Waals surface area contributed by atoms with Crippen LogP contribution in [0.1, 0.15) is 25.1 Å². The van der Waals surface area contributed by atoms with E-state index in [4.69, 9.17) is 9.97 Å². The zero-order chi connectivity index (χ0) is 21.9. The lowest BCUT2D eigenvalue weighted by Crippen LogP contribution is -2.54. The number of pyridine rings is 1. The second-order valence-corrected chi connectivity index (χ2v) is 8.71. The van der Waals surface area contributed by atoms with E-state index in [9.17, 15) is 5.11 Å². The van der Waals surface area contributed by atoms with E-state index in [-0.39, 0.29) is 5.75 Å². The number of anilines is 1. The molecule has 0 bridgehead atoms. The molecular formula is C23H27N7O. The fourth-order valence-corrected chi connectivity index (χ4v) is 4.59. The van der Waals surface area contributed by atoms with Gasteiger partial charge in [0.25, 0.3) is 0 Å². The van der Waals surface area contributed by atoms with E-state index >= 15 is 0 Å². The van der Waals surface area contributed by atoms with Crippen molar-refractivity contribution < 1.29 is 5.11 Å². The molecule has 1 aliphatic heterocycles. The molecule has 160 valence electrons. The summed E-state index contributed by atoms with van der Waals surface area (Å²) < 4.78 is 1.74. The second kappa shape index (κ2) is 7.16. The number of piperazine rings is 1. The molecule has 4 heterocycles. The van der Waals surface area contributed by atoms with Crippen LogP contribution in [-0.4, -0.2) is 55.0 Å². The number of hydrogen-bond acceptors (Lipinski definition) is 7. The van der Waals surface area contributed by atoms with Crippen molar-refractivity contribution in [2.24, 2.45) is 7.05 Å². The first-order valence-corrected chi connectivity index (χ1v) is 10.6. The zero-order valence-electron chi connectivity index (χ0n) is 18.5. The molecular weight excluding hydrogens is 390 g/mol. The summed E-state index contributed by atoms with van der Waals surface area (Å²) in [5.41, 5.74) is 4.66. The SMILES string of the molecule is Cc1nc(-c2cc3cn(C)nc3c(C)c2O)nc2ncc(N3C[C@H](C)N[C@@H](C)C3)cc12. The quantitative estimate of drug-likeness (QED) is 0.518. The van der Waals surface area contributed by atoms with Crippen molar-refractivity contribution in [3.63, 3.8) is 0 Å². The smallest absolute Gasteiger partial charge is 0.165 e. The number of hydrogen-bond donors (Lipinski definition) is 2. The number of nitrogens with zero attached hydrogens (tertiary/aromatic N) is 6. The monoisotopic (exact) mass is 417 g/mol. The van der Waals surface area contributed by atoms with E-state index in [0.717, 1.165) is 46.3 Å². The number of aromatic nitrogens is 5. The molecule has 1 saturated heterocycles. The van der Waals surface area contributed by atoms with Gasteiger partial charge in [-0.25, -0.2) is 15.0 Å². The average molecular weight is 418 g/mol. The topological polar surface area (TPSA) is 92.0 Å². The van der Waals surface area contributed by atoms with E-state index in [1.165, 1.54) is 0 Å². The molecule has 0 spiro atoms. The Balaban J connectivity index is 1.59. The van der Waals surface area contributed by atoms with Crippen LogP contribution in [0.5, 0.6) is 5.75 Å². The Morgan fingerprint density at radius 3 is 2.58 bits per heavy atom. The molecule has 0 unspecified atom stereocenters. The minimum absolute atomic E-state index is 0.158.